The van der Waals surface area contributed by atoms with Crippen LogP contribution in [0.25, 0.3) is 0 Å². The van der Waals surface area contributed by atoms with Crippen molar-refractivity contribution in [2.75, 3.05) is 6.61 Å². The first-order valence-electron chi connectivity index (χ1n) is 24.9. The summed E-state index contributed by atoms with van der Waals surface area (Å²) in [5, 5.41) is 23.7. The fourth-order valence-electron chi connectivity index (χ4n) is 7.04. The molecule has 0 aromatic carbocycles. The monoisotopic (exact) mass is 836 g/mol. The van der Waals surface area contributed by atoms with Crippen molar-refractivity contribution in [2.24, 2.45) is 0 Å². The Kier molecular flexibility index (Phi) is 44.8. The van der Waals surface area contributed by atoms with Crippen LogP contribution in [0.5, 0.6) is 0 Å². The molecule has 3 unspecified atom stereocenters. The van der Waals surface area contributed by atoms with Crippen molar-refractivity contribution in [3.05, 3.63) is 85.1 Å². The number of carbonyl (C=O) groups is 2. The molecule has 6 nitrogen and oxygen atoms in total. The van der Waals surface area contributed by atoms with Gasteiger partial charge in [0.2, 0.25) is 5.91 Å². The highest BCUT2D eigenvalue weighted by molar-refractivity contribution is 5.77. The van der Waals surface area contributed by atoms with Gasteiger partial charge in [-0.3, -0.25) is 9.59 Å². The Bertz CT molecular complexity index is 1160. The molecule has 0 heterocycles. The van der Waals surface area contributed by atoms with E-state index in [4.69, 9.17) is 4.74 Å². The number of ether oxygens (including phenoxy) is 1. The summed E-state index contributed by atoms with van der Waals surface area (Å²) in [6, 6.07) is -0.716. The predicted octanol–water partition coefficient (Wildman–Crippen LogP) is 14.8. The quantitative estimate of drug-likeness (QED) is 0.0323. The standard InChI is InChI=1S/C54H93NO5/c1-4-7-10-13-16-19-22-24-25-26-27-28-30-32-35-38-41-44-47-54(59)60-50(45-42-39-36-33-31-29-23-20-17-14-11-8-5-2)48-53(58)55-51(49-56)52(57)46-43-40-37-34-21-18-15-12-9-6-3/h10,13,16-17,19-20,22-29,50-52,56-57H,4-9,11-12,14-15,18,21,30-49H2,1-3H3,(H,55,58)/b13-10+,19-16+,20-17+,24-22+,26-25+,28-27+,29-23+. The maximum Gasteiger partial charge on any atom is 0.306 e. The third-order valence-electron chi connectivity index (χ3n) is 10.8. The van der Waals surface area contributed by atoms with Crippen LogP contribution >= 0.6 is 0 Å². The molecule has 0 radical (unpaired) electrons. The van der Waals surface area contributed by atoms with E-state index >= 15 is 0 Å². The minimum atomic E-state index is -0.800. The van der Waals surface area contributed by atoms with Crippen LogP contribution in [0.4, 0.5) is 0 Å². The topological polar surface area (TPSA) is 95.9 Å². The van der Waals surface area contributed by atoms with Gasteiger partial charge in [0.05, 0.1) is 25.2 Å². The fraction of sp³-hybridized carbons (Fsp3) is 0.704. The van der Waals surface area contributed by atoms with Gasteiger partial charge in [-0.25, -0.2) is 0 Å². The van der Waals surface area contributed by atoms with Gasteiger partial charge in [0.25, 0.3) is 0 Å². The summed E-state index contributed by atoms with van der Waals surface area (Å²) < 4.78 is 5.91. The lowest BCUT2D eigenvalue weighted by Gasteiger charge is -2.24. The molecular formula is C54H93NO5. The Morgan fingerprint density at radius 1 is 0.483 bits per heavy atom. The number of carbonyl (C=O) groups excluding carboxylic acids is 2. The predicted molar refractivity (Wildman–Crippen MR) is 259 cm³/mol. The lowest BCUT2D eigenvalue weighted by Crippen LogP contribution is -2.46. The van der Waals surface area contributed by atoms with Gasteiger partial charge in [-0.05, 0) is 70.6 Å². The number of amides is 1. The second kappa shape index (κ2) is 47.1. The van der Waals surface area contributed by atoms with Crippen LogP contribution < -0.4 is 5.32 Å². The number of nitrogens with one attached hydrogen (secondary N) is 1. The number of aliphatic hydroxyl groups is 2. The van der Waals surface area contributed by atoms with E-state index in [0.717, 1.165) is 103 Å². The van der Waals surface area contributed by atoms with Gasteiger partial charge in [0.15, 0.2) is 0 Å². The largest absolute Gasteiger partial charge is 0.462 e. The van der Waals surface area contributed by atoms with Crippen LogP contribution in [0, 0.1) is 0 Å². The molecule has 1 amide bonds. The Labute approximate surface area is 370 Å². The first-order chi connectivity index (χ1) is 29.5. The molecule has 60 heavy (non-hydrogen) atoms. The molecule has 0 bridgehead atoms. The van der Waals surface area contributed by atoms with Gasteiger partial charge in [0, 0.05) is 6.42 Å². The molecule has 0 fully saturated rings. The molecule has 0 rings (SSSR count). The summed E-state index contributed by atoms with van der Waals surface area (Å²) in [6.07, 6.45) is 60.6. The van der Waals surface area contributed by atoms with E-state index in [0.29, 0.717) is 19.3 Å². The maximum atomic E-state index is 13.2. The van der Waals surface area contributed by atoms with Gasteiger partial charge in [-0.1, -0.05) is 221 Å². The smallest absolute Gasteiger partial charge is 0.306 e. The molecule has 0 aliphatic heterocycles. The number of rotatable bonds is 43. The van der Waals surface area contributed by atoms with Crippen molar-refractivity contribution in [3.8, 4) is 0 Å². The number of hydrogen-bond donors (Lipinski definition) is 3. The van der Waals surface area contributed by atoms with Crippen molar-refractivity contribution >= 4 is 11.9 Å². The third kappa shape index (κ3) is 41.8. The molecule has 0 aromatic rings. The van der Waals surface area contributed by atoms with Gasteiger partial charge >= 0.3 is 5.97 Å². The summed E-state index contributed by atoms with van der Waals surface area (Å²) in [5.41, 5.74) is 0. The van der Waals surface area contributed by atoms with Gasteiger partial charge in [0.1, 0.15) is 6.10 Å². The average molecular weight is 836 g/mol. The molecule has 6 heteroatoms. The van der Waals surface area contributed by atoms with Crippen molar-refractivity contribution in [1.82, 2.24) is 5.32 Å². The molecular weight excluding hydrogens is 743 g/mol. The molecule has 3 atom stereocenters. The SMILES string of the molecule is CCC/C=C/C=C/C=C/C=C/C=C/CCCCCCCC(=O)OC(CCCCCC/C=C/C=C/CCCCC)CC(=O)NC(CO)C(O)CCCCCCCCCCCC. The molecule has 0 saturated carbocycles. The molecule has 0 spiro atoms. The van der Waals surface area contributed by atoms with E-state index in [1.807, 2.05) is 24.3 Å². The van der Waals surface area contributed by atoms with E-state index in [-0.39, 0.29) is 24.9 Å². The summed E-state index contributed by atoms with van der Waals surface area (Å²) in [7, 11) is 0. The highest BCUT2D eigenvalue weighted by Crippen LogP contribution is 2.17. The van der Waals surface area contributed by atoms with E-state index in [9.17, 15) is 19.8 Å². The molecule has 0 aliphatic carbocycles. The zero-order valence-electron chi connectivity index (χ0n) is 39.1. The van der Waals surface area contributed by atoms with Crippen LogP contribution in [0.2, 0.25) is 0 Å². The minimum absolute atomic E-state index is 0.0489. The lowest BCUT2D eigenvalue weighted by molar-refractivity contribution is -0.151. The summed E-state index contributed by atoms with van der Waals surface area (Å²) in [6.45, 7) is 6.33. The Hall–Kier alpha value is -2.96. The summed E-state index contributed by atoms with van der Waals surface area (Å²) in [4.78, 5) is 26.1. The molecule has 0 saturated heterocycles. The van der Waals surface area contributed by atoms with Crippen LogP contribution in [0.1, 0.15) is 220 Å². The fourth-order valence-corrected chi connectivity index (χ4v) is 7.04. The van der Waals surface area contributed by atoms with Gasteiger partial charge < -0.3 is 20.3 Å². The maximum absolute atomic E-state index is 13.2. The molecule has 344 valence electrons. The number of esters is 1. The number of aliphatic hydroxyl groups excluding tert-OH is 2. The number of allylic oxidation sites excluding steroid dienone is 14. The van der Waals surface area contributed by atoms with Gasteiger partial charge in [-0.2, -0.15) is 0 Å². The minimum Gasteiger partial charge on any atom is -0.462 e. The van der Waals surface area contributed by atoms with Crippen molar-refractivity contribution in [2.45, 2.75) is 238 Å². The molecule has 3 N–H and O–H groups in total. The van der Waals surface area contributed by atoms with E-state index in [2.05, 4.69) is 86.8 Å². The number of unbranched alkanes of at least 4 members (excludes halogenated alkanes) is 22. The average Bonchev–Trinajstić information content (AvgIpc) is 3.24. The van der Waals surface area contributed by atoms with Crippen LogP contribution in [-0.2, 0) is 14.3 Å². The van der Waals surface area contributed by atoms with Gasteiger partial charge in [-0.15, -0.1) is 0 Å². The van der Waals surface area contributed by atoms with E-state index in [1.54, 1.807) is 0 Å². The Morgan fingerprint density at radius 2 is 0.883 bits per heavy atom. The van der Waals surface area contributed by atoms with E-state index in [1.165, 1.54) is 70.6 Å². The third-order valence-corrected chi connectivity index (χ3v) is 10.8. The van der Waals surface area contributed by atoms with Crippen molar-refractivity contribution in [1.29, 1.82) is 0 Å². The number of hydrogen-bond acceptors (Lipinski definition) is 5. The van der Waals surface area contributed by atoms with Crippen molar-refractivity contribution in [3.63, 3.8) is 0 Å². The first-order valence-corrected chi connectivity index (χ1v) is 24.9. The normalized spacial score (nSPS) is 14.0. The zero-order valence-corrected chi connectivity index (χ0v) is 39.1. The van der Waals surface area contributed by atoms with Crippen LogP contribution in [0.3, 0.4) is 0 Å². The highest BCUT2D eigenvalue weighted by Gasteiger charge is 2.24. The van der Waals surface area contributed by atoms with Crippen molar-refractivity contribution < 1.29 is 24.5 Å². The van der Waals surface area contributed by atoms with E-state index < -0.39 is 18.2 Å². The second-order valence-electron chi connectivity index (χ2n) is 16.7. The zero-order chi connectivity index (χ0) is 43.8. The second-order valence-corrected chi connectivity index (χ2v) is 16.7. The Morgan fingerprint density at radius 3 is 1.40 bits per heavy atom. The van der Waals surface area contributed by atoms with Crippen LogP contribution in [-0.4, -0.2) is 46.9 Å². The summed E-state index contributed by atoms with van der Waals surface area (Å²) >= 11 is 0. The lowest BCUT2D eigenvalue weighted by atomic mass is 10.0. The molecule has 0 aliphatic rings. The highest BCUT2D eigenvalue weighted by atomic mass is 16.5. The van der Waals surface area contributed by atoms with Crippen LogP contribution in [0.15, 0.2) is 85.1 Å². The summed E-state index contributed by atoms with van der Waals surface area (Å²) in [5.74, 6) is -0.529. The Balaban J connectivity index is 4.68. The first kappa shape index (κ1) is 57.0. The molecule has 0 aromatic heterocycles.